The Labute approximate surface area is 196 Å². The predicted octanol–water partition coefficient (Wildman–Crippen LogP) is 4.74. The first-order chi connectivity index (χ1) is 15.3. The third-order valence-corrected chi connectivity index (χ3v) is 7.13. The van der Waals surface area contributed by atoms with Crippen LogP contribution in [0.3, 0.4) is 0 Å². The lowest BCUT2D eigenvalue weighted by atomic mass is 9.75. The van der Waals surface area contributed by atoms with Gasteiger partial charge in [0.15, 0.2) is 0 Å². The van der Waals surface area contributed by atoms with Gasteiger partial charge in [0.05, 0.1) is 12.7 Å². The average Bonchev–Trinajstić information content (AvgIpc) is 3.20. The number of halogens is 1. The Bertz CT molecular complexity index is 1030. The molecule has 0 spiro atoms. The lowest BCUT2D eigenvalue weighted by Gasteiger charge is -2.37. The maximum Gasteiger partial charge on any atom is 0.338 e. The van der Waals surface area contributed by atoms with Gasteiger partial charge in [-0.1, -0.05) is 48.2 Å². The number of tetrazole rings is 1. The van der Waals surface area contributed by atoms with Gasteiger partial charge in [-0.2, -0.15) is 4.68 Å². The van der Waals surface area contributed by atoms with Gasteiger partial charge in [-0.3, -0.25) is 0 Å². The lowest BCUT2D eigenvalue weighted by molar-refractivity contribution is -0.151. The Morgan fingerprint density at radius 2 is 2.09 bits per heavy atom. The number of benzene rings is 1. The van der Waals surface area contributed by atoms with Crippen molar-refractivity contribution in [2.45, 2.75) is 59.1 Å². The van der Waals surface area contributed by atoms with Crippen LogP contribution in [0.15, 0.2) is 33.9 Å². The van der Waals surface area contributed by atoms with E-state index in [0.29, 0.717) is 40.7 Å². The summed E-state index contributed by atoms with van der Waals surface area (Å²) in [5.41, 5.74) is 1.94. The average molecular weight is 504 g/mol. The van der Waals surface area contributed by atoms with Crippen molar-refractivity contribution in [2.75, 3.05) is 12.4 Å². The van der Waals surface area contributed by atoms with E-state index < -0.39 is 6.04 Å². The van der Waals surface area contributed by atoms with Crippen LogP contribution in [0, 0.1) is 17.8 Å². The number of esters is 1. The van der Waals surface area contributed by atoms with Crippen LogP contribution < -0.4 is 10.1 Å². The van der Waals surface area contributed by atoms with Gasteiger partial charge in [-0.25, -0.2) is 4.79 Å². The van der Waals surface area contributed by atoms with Crippen molar-refractivity contribution >= 4 is 27.8 Å². The fourth-order valence-corrected chi connectivity index (χ4v) is 5.31. The number of aromatic nitrogens is 4. The van der Waals surface area contributed by atoms with Gasteiger partial charge in [0.2, 0.25) is 5.95 Å². The number of hydrogen-bond acceptors (Lipinski definition) is 7. The van der Waals surface area contributed by atoms with E-state index in [1.165, 1.54) is 6.42 Å². The highest BCUT2D eigenvalue weighted by Crippen LogP contribution is 2.41. The zero-order valence-corrected chi connectivity index (χ0v) is 20.7. The molecular weight excluding hydrogens is 474 g/mol. The molecule has 1 aromatic carbocycles. The largest absolute Gasteiger partial charge is 0.496 e. The van der Waals surface area contributed by atoms with E-state index in [-0.39, 0.29) is 12.1 Å². The van der Waals surface area contributed by atoms with E-state index in [1.807, 2.05) is 25.1 Å². The van der Waals surface area contributed by atoms with E-state index in [4.69, 9.17) is 9.47 Å². The number of ether oxygens (including phenoxy) is 2. The summed E-state index contributed by atoms with van der Waals surface area (Å²) in [5, 5.41) is 15.2. The minimum Gasteiger partial charge on any atom is -0.496 e. The zero-order chi connectivity index (χ0) is 23.0. The van der Waals surface area contributed by atoms with Gasteiger partial charge >= 0.3 is 5.97 Å². The number of nitrogens with zero attached hydrogens (tertiary/aromatic N) is 4. The lowest BCUT2D eigenvalue weighted by Crippen LogP contribution is -2.38. The second-order valence-corrected chi connectivity index (χ2v) is 10.1. The molecule has 0 bridgehead atoms. The van der Waals surface area contributed by atoms with Crippen LogP contribution in [-0.4, -0.2) is 39.4 Å². The van der Waals surface area contributed by atoms with Crippen molar-refractivity contribution in [3.8, 4) is 5.75 Å². The molecule has 1 aliphatic carbocycles. The van der Waals surface area contributed by atoms with E-state index in [0.717, 1.165) is 22.9 Å². The van der Waals surface area contributed by atoms with Gasteiger partial charge in [0.25, 0.3) is 0 Å². The van der Waals surface area contributed by atoms with Gasteiger partial charge in [0, 0.05) is 15.7 Å². The van der Waals surface area contributed by atoms with Gasteiger partial charge in [-0.05, 0) is 66.1 Å². The molecule has 4 atom stereocenters. The van der Waals surface area contributed by atoms with Crippen molar-refractivity contribution in [1.82, 2.24) is 20.2 Å². The smallest absolute Gasteiger partial charge is 0.338 e. The highest BCUT2D eigenvalue weighted by atomic mass is 79.9. The first-order valence-corrected chi connectivity index (χ1v) is 11.9. The molecule has 1 aromatic heterocycles. The van der Waals surface area contributed by atoms with Crippen molar-refractivity contribution in [2.24, 2.45) is 17.8 Å². The molecule has 0 unspecified atom stereocenters. The summed E-state index contributed by atoms with van der Waals surface area (Å²) >= 11 is 3.54. The molecule has 9 heteroatoms. The summed E-state index contributed by atoms with van der Waals surface area (Å²) in [6.07, 6.45) is 3.03. The van der Waals surface area contributed by atoms with Crippen LogP contribution in [0.2, 0.25) is 0 Å². The van der Waals surface area contributed by atoms with Gasteiger partial charge in [0.1, 0.15) is 17.9 Å². The zero-order valence-electron chi connectivity index (χ0n) is 19.1. The Morgan fingerprint density at radius 1 is 1.31 bits per heavy atom. The van der Waals surface area contributed by atoms with Crippen molar-refractivity contribution in [3.63, 3.8) is 0 Å². The Morgan fingerprint density at radius 3 is 2.81 bits per heavy atom. The van der Waals surface area contributed by atoms with E-state index in [2.05, 4.69) is 57.5 Å². The molecule has 1 N–H and O–H groups in total. The SMILES string of the molecule is COc1ccc(Br)cc1[C@@H]1C(C(=O)O[C@@H]2C[C@@H](C)CC[C@H]2C(C)C)=C(C)Nc2nnnn21. The quantitative estimate of drug-likeness (QED) is 0.589. The molecule has 4 rings (SSSR count). The first-order valence-electron chi connectivity index (χ1n) is 11.1. The van der Waals surface area contributed by atoms with Gasteiger partial charge < -0.3 is 14.8 Å². The summed E-state index contributed by atoms with van der Waals surface area (Å²) < 4.78 is 14.3. The minimum atomic E-state index is -0.570. The predicted molar refractivity (Wildman–Crippen MR) is 124 cm³/mol. The maximum atomic E-state index is 13.7. The third-order valence-electron chi connectivity index (χ3n) is 6.64. The Hall–Kier alpha value is -2.42. The fourth-order valence-electron chi connectivity index (χ4n) is 4.93. The molecule has 0 saturated heterocycles. The molecule has 8 nitrogen and oxygen atoms in total. The molecule has 1 fully saturated rings. The molecule has 0 amide bonds. The number of hydrogen-bond donors (Lipinski definition) is 1. The fraction of sp³-hybridized carbons (Fsp3) is 0.565. The number of carbonyl (C=O) groups is 1. The highest BCUT2D eigenvalue weighted by molar-refractivity contribution is 9.10. The summed E-state index contributed by atoms with van der Waals surface area (Å²) in [4.78, 5) is 13.7. The molecule has 172 valence electrons. The van der Waals surface area contributed by atoms with E-state index >= 15 is 0 Å². The molecule has 1 aliphatic heterocycles. The van der Waals surface area contributed by atoms with E-state index in [1.54, 1.807) is 11.8 Å². The topological polar surface area (TPSA) is 91.2 Å². The van der Waals surface area contributed by atoms with E-state index in [9.17, 15) is 4.79 Å². The summed E-state index contributed by atoms with van der Waals surface area (Å²) in [5.74, 6) is 2.12. The maximum absolute atomic E-state index is 13.7. The van der Waals surface area contributed by atoms with Crippen molar-refractivity contribution in [1.29, 1.82) is 0 Å². The second-order valence-electron chi connectivity index (χ2n) is 9.17. The third kappa shape index (κ3) is 4.27. The molecular formula is C23H30BrN5O3. The van der Waals surface area contributed by atoms with Crippen LogP contribution >= 0.6 is 15.9 Å². The number of methoxy groups -OCH3 is 1. The Balaban J connectivity index is 1.74. The second kappa shape index (κ2) is 9.21. The molecule has 2 heterocycles. The highest BCUT2D eigenvalue weighted by Gasteiger charge is 2.40. The number of anilines is 1. The molecule has 0 radical (unpaired) electrons. The number of carbonyl (C=O) groups excluding carboxylic acids is 1. The normalized spacial score (nSPS) is 25.3. The van der Waals surface area contributed by atoms with Crippen LogP contribution in [0.1, 0.15) is 58.6 Å². The van der Waals surface area contributed by atoms with Crippen LogP contribution in [0.5, 0.6) is 5.75 Å². The molecule has 2 aliphatic rings. The molecule has 32 heavy (non-hydrogen) atoms. The number of rotatable bonds is 5. The van der Waals surface area contributed by atoms with Crippen molar-refractivity contribution < 1.29 is 14.3 Å². The van der Waals surface area contributed by atoms with Crippen LogP contribution in [0.4, 0.5) is 5.95 Å². The monoisotopic (exact) mass is 503 g/mol. The first kappa shape index (κ1) is 22.8. The minimum absolute atomic E-state index is 0.105. The summed E-state index contributed by atoms with van der Waals surface area (Å²) in [7, 11) is 1.61. The van der Waals surface area contributed by atoms with Crippen LogP contribution in [-0.2, 0) is 9.53 Å². The Kier molecular flexibility index (Phi) is 6.55. The van der Waals surface area contributed by atoms with Crippen molar-refractivity contribution in [3.05, 3.63) is 39.5 Å². The number of nitrogens with one attached hydrogen (secondary N) is 1. The summed E-state index contributed by atoms with van der Waals surface area (Å²) in [6.45, 7) is 8.50. The molecule has 1 saturated carbocycles. The number of allylic oxidation sites excluding steroid dienone is 1. The van der Waals surface area contributed by atoms with Crippen LogP contribution in [0.25, 0.3) is 0 Å². The standard InChI is InChI=1S/C23H30BrN5O3/c1-12(2)16-8-6-13(3)10-19(16)32-22(30)20-14(4)25-23-26-27-28-29(23)21(20)17-11-15(24)7-9-18(17)31-5/h7,9,11-13,16,19,21H,6,8,10H2,1-5H3,(H,25,26,28)/t13-,16-,19+,21+/m0/s1. The van der Waals surface area contributed by atoms with Gasteiger partial charge in [-0.15, -0.1) is 0 Å². The molecule has 2 aromatic rings. The summed E-state index contributed by atoms with van der Waals surface area (Å²) in [6, 6.07) is 5.12. The number of fused-ring (bicyclic) bond motifs is 1.